The number of rotatable bonds is 3. The molecule has 2 bridgehead atoms. The minimum Gasteiger partial charge on any atom is -0.504 e. The van der Waals surface area contributed by atoms with Gasteiger partial charge in [-0.05, 0) is 74.8 Å². The Labute approximate surface area is 203 Å². The minimum absolute atomic E-state index is 0.0333. The van der Waals surface area contributed by atoms with E-state index in [1.165, 1.54) is 17.7 Å². The molecule has 2 aromatic carbocycles. The molecule has 1 spiro atoms. The predicted molar refractivity (Wildman–Crippen MR) is 126 cm³/mol. The average Bonchev–Trinajstić information content (AvgIpc) is 3.54. The zero-order chi connectivity index (χ0) is 23.7. The molecule has 3 aliphatic carbocycles. The van der Waals surface area contributed by atoms with Crippen molar-refractivity contribution in [1.82, 2.24) is 9.80 Å². The van der Waals surface area contributed by atoms with E-state index in [-0.39, 0.29) is 23.6 Å². The van der Waals surface area contributed by atoms with Gasteiger partial charge < -0.3 is 14.9 Å². The van der Waals surface area contributed by atoms with Crippen LogP contribution in [0.4, 0.5) is 0 Å². The number of piperidine rings is 1. The van der Waals surface area contributed by atoms with Crippen LogP contribution in [-0.4, -0.2) is 68.7 Å². The molecule has 2 aromatic rings. The topological polar surface area (TPSA) is 90.3 Å². The number of nitrogens with zero attached hydrogens (tertiary/aromatic N) is 2. The molecule has 3 aliphatic heterocycles. The van der Waals surface area contributed by atoms with E-state index in [0.717, 1.165) is 36.6 Å². The summed E-state index contributed by atoms with van der Waals surface area (Å²) in [6, 6.07) is 10.1. The lowest BCUT2D eigenvalue weighted by Crippen LogP contribution is -2.78. The smallest absolute Gasteiger partial charge is 0.261 e. The molecule has 8 rings (SSSR count). The Bertz CT molecular complexity index is 1290. The molecule has 2 saturated carbocycles. The first-order valence-corrected chi connectivity index (χ1v) is 12.9. The number of phenols is 1. The van der Waals surface area contributed by atoms with Crippen molar-refractivity contribution < 1.29 is 24.5 Å². The van der Waals surface area contributed by atoms with Gasteiger partial charge in [-0.25, -0.2) is 0 Å². The highest BCUT2D eigenvalue weighted by Gasteiger charge is 2.74. The van der Waals surface area contributed by atoms with Crippen LogP contribution in [0.1, 0.15) is 63.9 Å². The molecule has 7 heteroatoms. The molecule has 2 unspecified atom stereocenters. The van der Waals surface area contributed by atoms with E-state index < -0.39 is 23.2 Å². The number of aromatic hydroxyl groups is 1. The molecule has 5 atom stereocenters. The Morgan fingerprint density at radius 1 is 1.00 bits per heavy atom. The number of ether oxygens (including phenoxy) is 1. The summed E-state index contributed by atoms with van der Waals surface area (Å²) in [5.74, 6) is 0.632. The molecule has 1 saturated heterocycles. The number of imide groups is 1. The van der Waals surface area contributed by atoms with Gasteiger partial charge in [0.05, 0.1) is 28.2 Å². The van der Waals surface area contributed by atoms with Crippen molar-refractivity contribution in [3.05, 3.63) is 58.7 Å². The summed E-state index contributed by atoms with van der Waals surface area (Å²) in [6.45, 7) is 1.85. The number of amides is 2. The summed E-state index contributed by atoms with van der Waals surface area (Å²) in [5, 5.41) is 23.4. The van der Waals surface area contributed by atoms with Crippen LogP contribution < -0.4 is 4.74 Å². The molecular formula is C28H28N2O5. The van der Waals surface area contributed by atoms with E-state index in [1.54, 1.807) is 30.3 Å². The zero-order valence-electron chi connectivity index (χ0n) is 19.4. The molecular weight excluding hydrogens is 444 g/mol. The molecule has 2 N–H and O–H groups in total. The molecule has 7 nitrogen and oxygen atoms in total. The van der Waals surface area contributed by atoms with Crippen LogP contribution in [0.2, 0.25) is 0 Å². The molecule has 0 radical (unpaired) electrons. The van der Waals surface area contributed by atoms with Crippen molar-refractivity contribution in [2.24, 2.45) is 5.92 Å². The number of benzene rings is 2. The quantitative estimate of drug-likeness (QED) is 0.668. The first-order chi connectivity index (χ1) is 16.9. The van der Waals surface area contributed by atoms with Gasteiger partial charge in [-0.3, -0.25) is 19.4 Å². The summed E-state index contributed by atoms with van der Waals surface area (Å²) in [5.41, 5.74) is 1.09. The lowest BCUT2D eigenvalue weighted by Gasteiger charge is -2.64. The highest BCUT2D eigenvalue weighted by atomic mass is 16.5. The Hall–Kier alpha value is -2.90. The van der Waals surface area contributed by atoms with E-state index in [4.69, 9.17) is 4.74 Å². The van der Waals surface area contributed by atoms with Gasteiger partial charge in [-0.1, -0.05) is 18.2 Å². The van der Waals surface area contributed by atoms with E-state index >= 15 is 0 Å². The summed E-state index contributed by atoms with van der Waals surface area (Å²) in [4.78, 5) is 30.8. The van der Waals surface area contributed by atoms with Gasteiger partial charge in [-0.15, -0.1) is 0 Å². The zero-order valence-corrected chi connectivity index (χ0v) is 19.4. The second-order valence-corrected chi connectivity index (χ2v) is 11.4. The standard InChI is InChI=1S/C28H28N2O5/c31-20-8-7-16-13-21-28(34)10-9-19(30-25(32)17-3-1-2-4-18(17)26(30)33)24-27(28,22(16)23(20)35-24)11-12-29(21)14-15-5-6-15/h1-4,7-8,15,19,21,24,31,34H,5-6,9-14H2/t19-,21?,24?,27+,28-/m1/s1. The van der Waals surface area contributed by atoms with Gasteiger partial charge in [-0.2, -0.15) is 0 Å². The van der Waals surface area contributed by atoms with Crippen LogP contribution in [0.15, 0.2) is 36.4 Å². The lowest BCUT2D eigenvalue weighted by atomic mass is 9.48. The third kappa shape index (κ3) is 2.30. The number of carbonyl (C=O) groups is 2. The fourth-order valence-corrected chi connectivity index (χ4v) is 8.23. The largest absolute Gasteiger partial charge is 0.504 e. The van der Waals surface area contributed by atoms with Gasteiger partial charge in [0.1, 0.15) is 6.10 Å². The maximum Gasteiger partial charge on any atom is 0.261 e. The van der Waals surface area contributed by atoms with Gasteiger partial charge >= 0.3 is 0 Å². The van der Waals surface area contributed by atoms with Crippen molar-refractivity contribution in [2.75, 3.05) is 13.1 Å². The van der Waals surface area contributed by atoms with Crippen molar-refractivity contribution in [1.29, 1.82) is 0 Å². The van der Waals surface area contributed by atoms with Crippen LogP contribution in [0.3, 0.4) is 0 Å². The molecule has 35 heavy (non-hydrogen) atoms. The van der Waals surface area contributed by atoms with E-state index in [2.05, 4.69) is 4.90 Å². The fourth-order valence-electron chi connectivity index (χ4n) is 8.23. The van der Waals surface area contributed by atoms with E-state index in [9.17, 15) is 19.8 Å². The SMILES string of the molecule is O=C1c2ccccc2C(=O)N1[C@@H]1CC[C@@]2(O)C3Cc4ccc(O)c5c4[C@@]2(CCN3CC2CC2)C1O5. The summed E-state index contributed by atoms with van der Waals surface area (Å²) in [7, 11) is 0. The third-order valence-corrected chi connectivity index (χ3v) is 9.89. The summed E-state index contributed by atoms with van der Waals surface area (Å²) >= 11 is 0. The Balaban J connectivity index is 1.28. The molecule has 3 fully saturated rings. The summed E-state index contributed by atoms with van der Waals surface area (Å²) in [6.07, 6.45) is 4.31. The number of hydrogen-bond acceptors (Lipinski definition) is 6. The van der Waals surface area contributed by atoms with Gasteiger partial charge in [0.25, 0.3) is 11.8 Å². The number of likely N-dealkylation sites (tertiary alicyclic amines) is 1. The maximum atomic E-state index is 13.5. The second kappa shape index (κ2) is 6.45. The van der Waals surface area contributed by atoms with E-state index in [1.807, 2.05) is 6.07 Å². The number of hydrogen-bond donors (Lipinski definition) is 2. The molecule has 180 valence electrons. The highest BCUT2D eigenvalue weighted by Crippen LogP contribution is 2.66. The fraction of sp³-hybridized carbons (Fsp3) is 0.500. The summed E-state index contributed by atoms with van der Waals surface area (Å²) < 4.78 is 6.55. The highest BCUT2D eigenvalue weighted by molar-refractivity contribution is 6.21. The van der Waals surface area contributed by atoms with Crippen molar-refractivity contribution in [2.45, 2.75) is 67.7 Å². The van der Waals surface area contributed by atoms with Crippen LogP contribution in [0.5, 0.6) is 11.5 Å². The first-order valence-electron chi connectivity index (χ1n) is 12.9. The van der Waals surface area contributed by atoms with Crippen LogP contribution in [0.25, 0.3) is 0 Å². The lowest BCUT2D eigenvalue weighted by molar-refractivity contribution is -0.196. The van der Waals surface area contributed by atoms with Crippen LogP contribution in [0, 0.1) is 5.92 Å². The van der Waals surface area contributed by atoms with Crippen LogP contribution >= 0.6 is 0 Å². The Morgan fingerprint density at radius 2 is 1.74 bits per heavy atom. The normalized spacial score (nSPS) is 36.7. The van der Waals surface area contributed by atoms with Crippen molar-refractivity contribution in [3.63, 3.8) is 0 Å². The molecule has 2 amide bonds. The monoisotopic (exact) mass is 472 g/mol. The number of phenolic OH excluding ortho intramolecular Hbond substituents is 1. The Morgan fingerprint density at radius 3 is 2.46 bits per heavy atom. The number of aliphatic hydroxyl groups is 1. The minimum atomic E-state index is -1.04. The van der Waals surface area contributed by atoms with E-state index in [0.29, 0.717) is 36.1 Å². The average molecular weight is 473 g/mol. The molecule has 6 aliphatic rings. The van der Waals surface area contributed by atoms with Gasteiger partial charge in [0, 0.05) is 18.2 Å². The third-order valence-electron chi connectivity index (χ3n) is 9.89. The molecule has 0 aromatic heterocycles. The Kier molecular flexibility index (Phi) is 3.74. The van der Waals surface area contributed by atoms with Crippen molar-refractivity contribution in [3.8, 4) is 11.5 Å². The molecule has 3 heterocycles. The van der Waals surface area contributed by atoms with Gasteiger partial charge in [0.15, 0.2) is 11.5 Å². The van der Waals surface area contributed by atoms with Crippen molar-refractivity contribution >= 4 is 11.8 Å². The van der Waals surface area contributed by atoms with Crippen LogP contribution in [-0.2, 0) is 11.8 Å². The first kappa shape index (κ1) is 20.3. The second-order valence-electron chi connectivity index (χ2n) is 11.4. The number of carbonyl (C=O) groups excluding carboxylic acids is 2. The number of fused-ring (bicyclic) bond motifs is 1. The maximum absolute atomic E-state index is 13.5. The predicted octanol–water partition coefficient (Wildman–Crippen LogP) is 2.62. The van der Waals surface area contributed by atoms with Gasteiger partial charge in [0.2, 0.25) is 0 Å².